The van der Waals surface area contributed by atoms with Gasteiger partial charge in [0.05, 0.1) is 5.69 Å². The molecule has 1 N–H and O–H groups in total. The largest absolute Gasteiger partial charge is 0.483 e. The van der Waals surface area contributed by atoms with Crippen LogP contribution in [0.4, 0.5) is 5.69 Å². The number of fused-ring (bicyclic) bond motifs is 1. The molecule has 0 bridgehead atoms. The molecule has 0 fully saturated rings. The quantitative estimate of drug-likeness (QED) is 0.311. The number of carbonyl (C=O) groups is 1. The first-order chi connectivity index (χ1) is 18.7. The lowest BCUT2D eigenvalue weighted by molar-refractivity contribution is -0.118. The van der Waals surface area contributed by atoms with E-state index in [-0.39, 0.29) is 12.5 Å². The van der Waals surface area contributed by atoms with Crippen LogP contribution in [-0.2, 0) is 4.79 Å². The van der Waals surface area contributed by atoms with Crippen LogP contribution in [0.3, 0.4) is 0 Å². The number of carbonyl (C=O) groups excluding carboxylic acids is 1. The van der Waals surface area contributed by atoms with Crippen molar-refractivity contribution in [2.45, 2.75) is 0 Å². The molecule has 38 heavy (non-hydrogen) atoms. The van der Waals surface area contributed by atoms with Crippen LogP contribution in [-0.4, -0.2) is 37.3 Å². The molecule has 6 rings (SSSR count). The van der Waals surface area contributed by atoms with Gasteiger partial charge in [0, 0.05) is 34.8 Å². The molecule has 8 heteroatoms. The first kappa shape index (κ1) is 23.1. The van der Waals surface area contributed by atoms with Gasteiger partial charge in [0.15, 0.2) is 18.1 Å². The Bertz CT molecular complexity index is 1720. The number of ether oxygens (including phenoxy) is 1. The summed E-state index contributed by atoms with van der Waals surface area (Å²) < 4.78 is 7.59. The lowest BCUT2D eigenvalue weighted by atomic mass is 10.1. The minimum Gasteiger partial charge on any atom is -0.483 e. The predicted octanol–water partition coefficient (Wildman–Crippen LogP) is 5.54. The Morgan fingerprint density at radius 2 is 1.55 bits per heavy atom. The van der Waals surface area contributed by atoms with E-state index in [1.807, 2.05) is 103 Å². The van der Waals surface area contributed by atoms with Gasteiger partial charge in [-0.2, -0.15) is 9.61 Å². The van der Waals surface area contributed by atoms with E-state index < -0.39 is 0 Å². The average Bonchev–Trinajstić information content (AvgIpc) is 3.41. The summed E-state index contributed by atoms with van der Waals surface area (Å²) >= 11 is 0. The second-order valence-electron chi connectivity index (χ2n) is 8.53. The van der Waals surface area contributed by atoms with Gasteiger partial charge in [-0.25, -0.2) is 0 Å². The molecule has 3 heterocycles. The number of anilines is 1. The fraction of sp³-hybridized carbons (Fsp3) is 0.0333. The van der Waals surface area contributed by atoms with Gasteiger partial charge >= 0.3 is 0 Å². The topological polar surface area (TPSA) is 94.3 Å². The SMILES string of the molecule is O=C(COc1ccccc1-c1ccccc1)Nc1cccc(-c2ccc3nnc(-c4ccncc4)n3n2)c1. The smallest absolute Gasteiger partial charge is 0.262 e. The molecule has 0 saturated heterocycles. The average molecular weight is 499 g/mol. The molecule has 0 aliphatic carbocycles. The molecule has 184 valence electrons. The summed E-state index contributed by atoms with van der Waals surface area (Å²) in [6, 6.07) is 32.6. The number of amides is 1. The molecule has 1 amide bonds. The van der Waals surface area contributed by atoms with Gasteiger partial charge in [-0.05, 0) is 48.0 Å². The van der Waals surface area contributed by atoms with Gasteiger partial charge in [-0.15, -0.1) is 10.2 Å². The summed E-state index contributed by atoms with van der Waals surface area (Å²) in [5.74, 6) is 1.02. The van der Waals surface area contributed by atoms with E-state index in [1.54, 1.807) is 16.9 Å². The van der Waals surface area contributed by atoms with Crippen molar-refractivity contribution in [1.29, 1.82) is 0 Å². The Morgan fingerprint density at radius 1 is 0.763 bits per heavy atom. The minimum absolute atomic E-state index is 0.117. The van der Waals surface area contributed by atoms with Crippen molar-refractivity contribution in [3.8, 4) is 39.5 Å². The Balaban J connectivity index is 1.18. The van der Waals surface area contributed by atoms with Crippen molar-refractivity contribution in [2.75, 3.05) is 11.9 Å². The van der Waals surface area contributed by atoms with Crippen LogP contribution in [0.15, 0.2) is 116 Å². The normalized spacial score (nSPS) is 10.8. The third-order valence-corrected chi connectivity index (χ3v) is 5.97. The Labute approximate surface area is 218 Å². The molecule has 0 atom stereocenters. The number of pyridine rings is 1. The molecule has 0 spiro atoms. The lowest BCUT2D eigenvalue weighted by Gasteiger charge is -2.12. The molecule has 0 radical (unpaired) electrons. The summed E-state index contributed by atoms with van der Waals surface area (Å²) in [5.41, 5.74) is 5.67. The zero-order valence-corrected chi connectivity index (χ0v) is 20.2. The number of aromatic nitrogens is 5. The molecule has 3 aromatic heterocycles. The van der Waals surface area contributed by atoms with E-state index >= 15 is 0 Å². The number of hydrogen-bond acceptors (Lipinski definition) is 6. The maximum Gasteiger partial charge on any atom is 0.262 e. The van der Waals surface area contributed by atoms with Crippen molar-refractivity contribution in [1.82, 2.24) is 24.8 Å². The highest BCUT2D eigenvalue weighted by Crippen LogP contribution is 2.29. The van der Waals surface area contributed by atoms with Crippen molar-refractivity contribution in [3.63, 3.8) is 0 Å². The maximum absolute atomic E-state index is 12.7. The van der Waals surface area contributed by atoms with Crippen molar-refractivity contribution in [2.24, 2.45) is 0 Å². The fourth-order valence-electron chi connectivity index (χ4n) is 4.17. The number of benzene rings is 3. The highest BCUT2D eigenvalue weighted by molar-refractivity contribution is 5.92. The molecule has 6 aromatic rings. The highest BCUT2D eigenvalue weighted by atomic mass is 16.5. The summed E-state index contributed by atoms with van der Waals surface area (Å²) in [4.78, 5) is 16.8. The van der Waals surface area contributed by atoms with E-state index in [2.05, 4.69) is 20.5 Å². The maximum atomic E-state index is 12.7. The van der Waals surface area contributed by atoms with E-state index in [1.165, 1.54) is 0 Å². The van der Waals surface area contributed by atoms with Gasteiger partial charge in [0.2, 0.25) is 0 Å². The summed E-state index contributed by atoms with van der Waals surface area (Å²) in [6.07, 6.45) is 3.41. The summed E-state index contributed by atoms with van der Waals surface area (Å²) in [7, 11) is 0. The predicted molar refractivity (Wildman–Crippen MR) is 145 cm³/mol. The monoisotopic (exact) mass is 498 g/mol. The molecule has 0 aliphatic heterocycles. The van der Waals surface area contributed by atoms with Crippen LogP contribution in [0.25, 0.3) is 39.4 Å². The van der Waals surface area contributed by atoms with E-state index in [0.717, 1.165) is 27.9 Å². The zero-order valence-electron chi connectivity index (χ0n) is 20.2. The standard InChI is InChI=1S/C30H22N6O2/c37-29(20-38-27-12-5-4-11-25(27)21-7-2-1-3-8-21)32-24-10-6-9-23(19-24)26-13-14-28-33-34-30(36(28)35-26)22-15-17-31-18-16-22/h1-19H,20H2,(H,32,37). The van der Waals surface area contributed by atoms with Gasteiger partial charge in [-0.1, -0.05) is 60.7 Å². The van der Waals surface area contributed by atoms with E-state index in [9.17, 15) is 4.79 Å². The fourth-order valence-corrected chi connectivity index (χ4v) is 4.17. The van der Waals surface area contributed by atoms with E-state index in [0.29, 0.717) is 22.9 Å². The minimum atomic E-state index is -0.257. The Morgan fingerprint density at radius 3 is 2.42 bits per heavy atom. The molecule has 0 unspecified atom stereocenters. The third kappa shape index (κ3) is 4.83. The molecule has 3 aromatic carbocycles. The number of nitrogens with one attached hydrogen (secondary N) is 1. The first-order valence-electron chi connectivity index (χ1n) is 12.0. The number of nitrogens with zero attached hydrogens (tertiary/aromatic N) is 5. The molecule has 0 saturated carbocycles. The lowest BCUT2D eigenvalue weighted by Crippen LogP contribution is -2.20. The second-order valence-corrected chi connectivity index (χ2v) is 8.53. The second kappa shape index (κ2) is 10.3. The van der Waals surface area contributed by atoms with Crippen molar-refractivity contribution >= 4 is 17.2 Å². The van der Waals surface area contributed by atoms with Crippen LogP contribution in [0.1, 0.15) is 0 Å². The Kier molecular flexibility index (Phi) is 6.26. The Hall–Kier alpha value is -5.37. The molecular weight excluding hydrogens is 476 g/mol. The van der Waals surface area contributed by atoms with Gasteiger partial charge in [-0.3, -0.25) is 9.78 Å². The van der Waals surface area contributed by atoms with Crippen LogP contribution in [0.5, 0.6) is 5.75 Å². The summed E-state index contributed by atoms with van der Waals surface area (Å²) in [6.45, 7) is -0.117. The summed E-state index contributed by atoms with van der Waals surface area (Å²) in [5, 5.41) is 16.2. The van der Waals surface area contributed by atoms with Crippen molar-refractivity contribution < 1.29 is 9.53 Å². The van der Waals surface area contributed by atoms with Crippen LogP contribution >= 0.6 is 0 Å². The zero-order chi connectivity index (χ0) is 25.7. The number of rotatable bonds is 7. The highest BCUT2D eigenvalue weighted by Gasteiger charge is 2.12. The number of para-hydroxylation sites is 1. The van der Waals surface area contributed by atoms with Crippen LogP contribution in [0, 0.1) is 0 Å². The molecular formula is C30H22N6O2. The van der Waals surface area contributed by atoms with Gasteiger partial charge in [0.1, 0.15) is 5.75 Å². The van der Waals surface area contributed by atoms with Gasteiger partial charge < -0.3 is 10.1 Å². The van der Waals surface area contributed by atoms with Crippen molar-refractivity contribution in [3.05, 3.63) is 116 Å². The van der Waals surface area contributed by atoms with Crippen LogP contribution < -0.4 is 10.1 Å². The van der Waals surface area contributed by atoms with Gasteiger partial charge in [0.25, 0.3) is 5.91 Å². The molecule has 8 nitrogen and oxygen atoms in total. The van der Waals surface area contributed by atoms with E-state index in [4.69, 9.17) is 9.84 Å². The number of hydrogen-bond donors (Lipinski definition) is 1. The molecule has 0 aliphatic rings. The third-order valence-electron chi connectivity index (χ3n) is 5.97. The first-order valence-corrected chi connectivity index (χ1v) is 12.0. The van der Waals surface area contributed by atoms with Crippen LogP contribution in [0.2, 0.25) is 0 Å².